The molecule has 1 aliphatic heterocycles. The smallest absolute Gasteiger partial charge is 0.245 e. The van der Waals surface area contributed by atoms with Crippen molar-refractivity contribution in [2.75, 3.05) is 26.2 Å². The predicted octanol–water partition coefficient (Wildman–Crippen LogP) is -5.20. The number of hydrogen-bond acceptors (Lipinski definition) is 10. The fourth-order valence-corrected chi connectivity index (χ4v) is 3.59. The van der Waals surface area contributed by atoms with Crippen LogP contribution in [0, 0.1) is 0 Å². The van der Waals surface area contributed by atoms with Crippen molar-refractivity contribution in [3.05, 3.63) is 0 Å². The van der Waals surface area contributed by atoms with E-state index in [9.17, 15) is 43.5 Å². The summed E-state index contributed by atoms with van der Waals surface area (Å²) in [6.07, 6.45) is -0.367. The number of carbonyl (C=O) groups excluding carboxylic acids is 8. The molecule has 0 aromatic heterocycles. The molecule has 0 aromatic rings. The molecule has 41 heavy (non-hydrogen) atoms. The van der Waals surface area contributed by atoms with Gasteiger partial charge >= 0.3 is 0 Å². The summed E-state index contributed by atoms with van der Waals surface area (Å²) in [5.74, 6) is -5.38. The minimum atomic E-state index is -1.49. The highest BCUT2D eigenvalue weighted by Gasteiger charge is 2.28. The zero-order chi connectivity index (χ0) is 31.1. The number of nitrogens with one attached hydrogen (secondary N) is 7. The number of amides is 7. The second-order valence-corrected chi connectivity index (χ2v) is 9.61. The molecule has 0 saturated carbocycles. The highest BCUT2D eigenvalue weighted by atomic mass is 16.3. The molecule has 5 unspecified atom stereocenters. The maximum Gasteiger partial charge on any atom is 0.245 e. The topological polar surface area (TPSA) is 267 Å². The first-order valence-electron chi connectivity index (χ1n) is 13.1. The van der Waals surface area contributed by atoms with Crippen molar-refractivity contribution in [1.29, 1.82) is 0 Å². The van der Waals surface area contributed by atoms with Gasteiger partial charge in [0, 0.05) is 6.42 Å². The molecule has 5 atom stereocenters. The van der Waals surface area contributed by atoms with E-state index >= 15 is 0 Å². The van der Waals surface area contributed by atoms with Crippen molar-refractivity contribution >= 4 is 47.1 Å². The lowest BCUT2D eigenvalue weighted by Gasteiger charge is -2.22. The van der Waals surface area contributed by atoms with E-state index in [0.717, 1.165) is 6.42 Å². The van der Waals surface area contributed by atoms with E-state index in [2.05, 4.69) is 37.2 Å². The summed E-state index contributed by atoms with van der Waals surface area (Å²) in [5, 5.41) is 26.8. The molecule has 1 rings (SSSR count). The number of rotatable bonds is 17. The Morgan fingerprint density at radius 1 is 0.854 bits per heavy atom. The number of Topliss-reactive ketones (excluding diaryl/α,β-unsaturated/α-hetero) is 1. The van der Waals surface area contributed by atoms with Gasteiger partial charge in [-0.2, -0.15) is 0 Å². The Balaban J connectivity index is 2.62. The van der Waals surface area contributed by atoms with Crippen LogP contribution in [0.1, 0.15) is 46.5 Å². The third kappa shape index (κ3) is 13.7. The summed E-state index contributed by atoms with van der Waals surface area (Å²) in [5.41, 5.74) is 5.14. The minimum absolute atomic E-state index is 0.185. The van der Waals surface area contributed by atoms with Crippen molar-refractivity contribution in [2.24, 2.45) is 5.73 Å². The van der Waals surface area contributed by atoms with Crippen LogP contribution in [0.4, 0.5) is 0 Å². The number of aliphatic hydroxyl groups is 1. The van der Waals surface area contributed by atoms with Crippen LogP contribution < -0.4 is 43.0 Å². The molecule has 0 aromatic carbocycles. The molecule has 1 fully saturated rings. The molecular weight excluding hydrogens is 544 g/mol. The van der Waals surface area contributed by atoms with Crippen LogP contribution in [-0.2, 0) is 38.4 Å². The molecule has 0 radical (unpaired) electrons. The molecule has 230 valence electrons. The van der Waals surface area contributed by atoms with Gasteiger partial charge in [0.05, 0.1) is 37.8 Å². The summed E-state index contributed by atoms with van der Waals surface area (Å²) in [7, 11) is 0. The number of nitrogens with two attached hydrogens (primary N) is 1. The molecule has 17 heteroatoms. The van der Waals surface area contributed by atoms with Crippen LogP contribution in [0.25, 0.3) is 0 Å². The Labute approximate surface area is 236 Å². The Morgan fingerprint density at radius 3 is 1.95 bits per heavy atom. The van der Waals surface area contributed by atoms with Crippen LogP contribution in [-0.4, -0.2) is 109 Å². The van der Waals surface area contributed by atoms with Gasteiger partial charge in [-0.25, -0.2) is 0 Å². The first kappa shape index (κ1) is 34.9. The summed E-state index contributed by atoms with van der Waals surface area (Å²) >= 11 is 0. The van der Waals surface area contributed by atoms with Gasteiger partial charge in [-0.1, -0.05) is 0 Å². The molecular formula is C24H40N8O9. The first-order valence-corrected chi connectivity index (χ1v) is 13.1. The Morgan fingerprint density at radius 2 is 1.41 bits per heavy atom. The average Bonchev–Trinajstić information content (AvgIpc) is 3.44. The molecule has 0 spiro atoms. The third-order valence-corrected chi connectivity index (χ3v) is 6.05. The van der Waals surface area contributed by atoms with Crippen molar-refractivity contribution in [1.82, 2.24) is 37.2 Å². The Kier molecular flexibility index (Phi) is 14.9. The van der Waals surface area contributed by atoms with Crippen LogP contribution in [0.2, 0.25) is 0 Å². The SMILES string of the molecule is CC(=O)C(C)NC(=O)CNC(=O)C(NC(=O)CNC(=O)C(CCC(N)=O)NC(=O)CNC(=O)C1CCCN1)C(C)O. The second kappa shape index (κ2) is 17.5. The molecule has 0 aliphatic carbocycles. The van der Waals surface area contributed by atoms with Gasteiger partial charge in [-0.15, -0.1) is 0 Å². The van der Waals surface area contributed by atoms with Gasteiger partial charge in [0.25, 0.3) is 0 Å². The van der Waals surface area contributed by atoms with Gasteiger partial charge in [0.15, 0.2) is 5.78 Å². The highest BCUT2D eigenvalue weighted by Crippen LogP contribution is 2.04. The molecule has 1 aliphatic rings. The summed E-state index contributed by atoms with van der Waals surface area (Å²) in [6.45, 7) is 3.04. The maximum atomic E-state index is 12.7. The zero-order valence-electron chi connectivity index (χ0n) is 23.3. The fourth-order valence-electron chi connectivity index (χ4n) is 3.59. The molecule has 0 bridgehead atoms. The largest absolute Gasteiger partial charge is 0.391 e. The monoisotopic (exact) mass is 584 g/mol. The van der Waals surface area contributed by atoms with Crippen molar-refractivity contribution in [3.8, 4) is 0 Å². The van der Waals surface area contributed by atoms with Crippen LogP contribution in [0.5, 0.6) is 0 Å². The Bertz CT molecular complexity index is 998. The number of hydrogen-bond donors (Lipinski definition) is 9. The predicted molar refractivity (Wildman–Crippen MR) is 142 cm³/mol. The lowest BCUT2D eigenvalue weighted by molar-refractivity contribution is -0.134. The van der Waals surface area contributed by atoms with Gasteiger partial charge in [-0.05, 0) is 46.6 Å². The van der Waals surface area contributed by atoms with E-state index < -0.39 is 85.3 Å². The molecule has 1 heterocycles. The lowest BCUT2D eigenvalue weighted by Crippen LogP contribution is -2.56. The normalized spacial score (nSPS) is 17.1. The first-order chi connectivity index (χ1) is 19.2. The zero-order valence-corrected chi connectivity index (χ0v) is 23.3. The van der Waals surface area contributed by atoms with E-state index in [-0.39, 0.29) is 24.5 Å². The number of primary amides is 1. The van der Waals surface area contributed by atoms with Gasteiger partial charge in [0.1, 0.15) is 12.1 Å². The van der Waals surface area contributed by atoms with Gasteiger partial charge in [0.2, 0.25) is 41.4 Å². The summed E-state index contributed by atoms with van der Waals surface area (Å²) in [4.78, 5) is 96.2. The fraction of sp³-hybridized carbons (Fsp3) is 0.667. The van der Waals surface area contributed by atoms with E-state index in [0.29, 0.717) is 13.0 Å². The van der Waals surface area contributed by atoms with Crippen molar-refractivity contribution in [2.45, 2.75) is 76.7 Å². The second-order valence-electron chi connectivity index (χ2n) is 9.61. The van der Waals surface area contributed by atoms with Crippen molar-refractivity contribution in [3.63, 3.8) is 0 Å². The average molecular weight is 585 g/mol. The van der Waals surface area contributed by atoms with E-state index in [1.54, 1.807) is 0 Å². The lowest BCUT2D eigenvalue weighted by atomic mass is 10.1. The van der Waals surface area contributed by atoms with E-state index in [1.165, 1.54) is 20.8 Å². The van der Waals surface area contributed by atoms with Crippen LogP contribution >= 0.6 is 0 Å². The van der Waals surface area contributed by atoms with Crippen molar-refractivity contribution < 1.29 is 43.5 Å². The number of ketones is 1. The van der Waals surface area contributed by atoms with E-state index in [1.807, 2.05) is 0 Å². The summed E-state index contributed by atoms with van der Waals surface area (Å²) < 4.78 is 0. The van der Waals surface area contributed by atoms with Gasteiger partial charge < -0.3 is 48.1 Å². The molecule has 7 amide bonds. The third-order valence-electron chi connectivity index (χ3n) is 6.05. The quantitative estimate of drug-likeness (QED) is 0.0784. The molecule has 1 saturated heterocycles. The minimum Gasteiger partial charge on any atom is -0.391 e. The number of carbonyl (C=O) groups is 8. The van der Waals surface area contributed by atoms with E-state index in [4.69, 9.17) is 5.73 Å². The number of aliphatic hydroxyl groups excluding tert-OH is 1. The highest BCUT2D eigenvalue weighted by molar-refractivity contribution is 5.95. The molecule has 17 nitrogen and oxygen atoms in total. The Hall–Kier alpha value is -4.12. The van der Waals surface area contributed by atoms with Crippen LogP contribution in [0.15, 0.2) is 0 Å². The molecule has 10 N–H and O–H groups in total. The maximum absolute atomic E-state index is 12.7. The summed E-state index contributed by atoms with van der Waals surface area (Å²) in [6, 6.07) is -3.92. The standard InChI is InChI=1S/C24H40N8O9/c1-12(13(2)33)30-18(36)9-29-24(41)21(14(3)34)32-20(38)11-28-23(40)16(6-7-17(25)35)31-19(37)10-27-22(39)15-5-4-8-26-15/h12,14-16,21,26,34H,4-11H2,1-3H3,(H2,25,35)(H,27,39)(H,28,40)(H,29,41)(H,30,36)(H,31,37)(H,32,38). The van der Waals surface area contributed by atoms with Gasteiger partial charge in [-0.3, -0.25) is 38.4 Å². The van der Waals surface area contributed by atoms with Crippen LogP contribution in [0.3, 0.4) is 0 Å².